The van der Waals surface area contributed by atoms with Crippen LogP contribution in [0.5, 0.6) is 0 Å². The summed E-state index contributed by atoms with van der Waals surface area (Å²) in [5.41, 5.74) is 3.77. The summed E-state index contributed by atoms with van der Waals surface area (Å²) < 4.78 is 0. The van der Waals surface area contributed by atoms with Gasteiger partial charge in [0, 0.05) is 18.0 Å². The van der Waals surface area contributed by atoms with Crippen LogP contribution in [0.15, 0.2) is 36.7 Å². The van der Waals surface area contributed by atoms with Crippen LogP contribution in [0.1, 0.15) is 165 Å². The van der Waals surface area contributed by atoms with E-state index >= 15 is 0 Å². The largest absolute Gasteiger partial charge is 0.236 e. The molecule has 3 nitrogen and oxygen atoms in total. The topological polar surface area (TPSA) is 49.6 Å². The van der Waals surface area contributed by atoms with Crippen molar-refractivity contribution in [3.05, 3.63) is 47.8 Å². The first-order chi connectivity index (χ1) is 19.7. The number of hydrogen-bond donors (Lipinski definition) is 0. The molecular weight excluding hydrogens is 486 g/mol. The minimum absolute atomic E-state index is 0.0776. The molecule has 1 heterocycles. The zero-order chi connectivity index (χ0) is 28.0. The Morgan fingerprint density at radius 1 is 0.700 bits per heavy atom. The first-order valence-electron chi connectivity index (χ1n) is 17.0. The van der Waals surface area contributed by atoms with Crippen LogP contribution in [0.3, 0.4) is 0 Å². The van der Waals surface area contributed by atoms with E-state index in [0.29, 0.717) is 11.8 Å². The Labute approximate surface area is 245 Å². The highest BCUT2D eigenvalue weighted by Gasteiger charge is 2.35. The molecule has 0 N–H and O–H groups in total. The molecule has 0 aliphatic heterocycles. The highest BCUT2D eigenvalue weighted by Crippen LogP contribution is 2.46. The maximum absolute atomic E-state index is 9.97. The van der Waals surface area contributed by atoms with Crippen LogP contribution in [-0.2, 0) is 0 Å². The third-order valence-electron chi connectivity index (χ3n) is 10.3. The third kappa shape index (κ3) is 8.89. The van der Waals surface area contributed by atoms with Crippen molar-refractivity contribution < 1.29 is 0 Å². The molecule has 3 heteroatoms. The van der Waals surface area contributed by atoms with E-state index in [1.54, 1.807) is 0 Å². The Balaban J connectivity index is 1.22. The van der Waals surface area contributed by atoms with Crippen LogP contribution in [-0.4, -0.2) is 9.97 Å². The molecule has 2 saturated carbocycles. The maximum atomic E-state index is 9.97. The van der Waals surface area contributed by atoms with Gasteiger partial charge in [0.15, 0.2) is 5.82 Å². The van der Waals surface area contributed by atoms with Gasteiger partial charge in [-0.3, -0.25) is 0 Å². The molecule has 0 saturated heterocycles. The van der Waals surface area contributed by atoms with Crippen LogP contribution in [0.2, 0.25) is 0 Å². The minimum Gasteiger partial charge on any atom is -0.236 e. The van der Waals surface area contributed by atoms with Gasteiger partial charge in [-0.25, -0.2) is 9.97 Å². The lowest BCUT2D eigenvalue weighted by molar-refractivity contribution is 0.223. The zero-order valence-corrected chi connectivity index (χ0v) is 25.7. The van der Waals surface area contributed by atoms with Gasteiger partial charge < -0.3 is 0 Å². The van der Waals surface area contributed by atoms with E-state index in [1.165, 1.54) is 107 Å². The lowest BCUT2D eigenvalue weighted by Gasteiger charge is -2.35. The highest BCUT2D eigenvalue weighted by molar-refractivity contribution is 5.55. The first-order valence-corrected chi connectivity index (χ1v) is 17.0. The second-order valence-corrected chi connectivity index (χ2v) is 13.2. The summed E-state index contributed by atoms with van der Waals surface area (Å²) in [7, 11) is 0. The monoisotopic (exact) mass is 541 g/mol. The summed E-state index contributed by atoms with van der Waals surface area (Å²) in [6.07, 6.45) is 29.8. The molecule has 2 aliphatic carbocycles. The molecular formula is C37H55N3. The summed E-state index contributed by atoms with van der Waals surface area (Å²) in [6, 6.07) is 11.7. The molecule has 2 fully saturated rings. The van der Waals surface area contributed by atoms with Crippen molar-refractivity contribution in [1.29, 1.82) is 5.26 Å². The summed E-state index contributed by atoms with van der Waals surface area (Å²) >= 11 is 0. The average Bonchev–Trinajstić information content (AvgIpc) is 3.02. The number of rotatable bonds is 15. The van der Waals surface area contributed by atoms with E-state index in [4.69, 9.17) is 9.97 Å². The predicted molar refractivity (Wildman–Crippen MR) is 168 cm³/mol. The molecule has 0 bridgehead atoms. The van der Waals surface area contributed by atoms with E-state index in [2.05, 4.69) is 56.6 Å². The van der Waals surface area contributed by atoms with Crippen LogP contribution in [0, 0.1) is 22.7 Å². The van der Waals surface area contributed by atoms with Crippen molar-refractivity contribution in [1.82, 2.24) is 9.97 Å². The molecule has 218 valence electrons. The number of aromatic nitrogens is 2. The van der Waals surface area contributed by atoms with Gasteiger partial charge in [-0.2, -0.15) is 5.26 Å². The number of nitriles is 1. The number of benzene rings is 1. The van der Waals surface area contributed by atoms with Gasteiger partial charge in [0.2, 0.25) is 0 Å². The smallest absolute Gasteiger partial charge is 0.159 e. The zero-order valence-electron chi connectivity index (χ0n) is 25.7. The molecule has 1 aromatic heterocycles. The Bertz CT molecular complexity index is 1000. The Kier molecular flexibility index (Phi) is 12.5. The Morgan fingerprint density at radius 3 is 1.88 bits per heavy atom. The van der Waals surface area contributed by atoms with Crippen LogP contribution >= 0.6 is 0 Å². The number of nitrogens with zero attached hydrogens (tertiary/aromatic N) is 3. The maximum Gasteiger partial charge on any atom is 0.159 e. The van der Waals surface area contributed by atoms with E-state index < -0.39 is 0 Å². The van der Waals surface area contributed by atoms with Gasteiger partial charge in [-0.15, -0.1) is 0 Å². The number of hydrogen-bond acceptors (Lipinski definition) is 3. The van der Waals surface area contributed by atoms with Gasteiger partial charge in [-0.05, 0) is 86.7 Å². The van der Waals surface area contributed by atoms with Crippen molar-refractivity contribution in [3.8, 4) is 17.5 Å². The fourth-order valence-electron chi connectivity index (χ4n) is 7.41. The second-order valence-electron chi connectivity index (χ2n) is 13.2. The molecule has 4 rings (SSSR count). The molecule has 0 amide bonds. The van der Waals surface area contributed by atoms with Crippen molar-refractivity contribution in [2.75, 3.05) is 0 Å². The molecule has 0 unspecified atom stereocenters. The van der Waals surface area contributed by atoms with Gasteiger partial charge in [0.25, 0.3) is 0 Å². The van der Waals surface area contributed by atoms with Crippen LogP contribution in [0.25, 0.3) is 11.4 Å². The van der Waals surface area contributed by atoms with Crippen LogP contribution in [0.4, 0.5) is 0 Å². The third-order valence-corrected chi connectivity index (χ3v) is 10.3. The molecule has 0 atom stereocenters. The van der Waals surface area contributed by atoms with Gasteiger partial charge in [0.05, 0.1) is 11.5 Å². The van der Waals surface area contributed by atoms with Crippen molar-refractivity contribution in [3.63, 3.8) is 0 Å². The predicted octanol–water partition coefficient (Wildman–Crippen LogP) is 11.3. The van der Waals surface area contributed by atoms with Gasteiger partial charge >= 0.3 is 0 Å². The SMILES string of the molecule is CCCCCCC[C@H]1CC[C@H](c2cnc(-c3ccc([C@H]4CC[C@@](C#N)(CCCCCCC)CC4)cc3)nc2)CC1. The normalized spacial score (nSPS) is 25.0. The summed E-state index contributed by atoms with van der Waals surface area (Å²) in [5.74, 6) is 2.99. The summed E-state index contributed by atoms with van der Waals surface area (Å²) in [6.45, 7) is 4.55. The van der Waals surface area contributed by atoms with E-state index in [9.17, 15) is 5.26 Å². The van der Waals surface area contributed by atoms with E-state index in [1.807, 2.05) is 0 Å². The summed E-state index contributed by atoms with van der Waals surface area (Å²) in [4.78, 5) is 9.59. The minimum atomic E-state index is -0.0776. The van der Waals surface area contributed by atoms with Crippen molar-refractivity contribution in [2.24, 2.45) is 11.3 Å². The Morgan fingerprint density at radius 2 is 1.27 bits per heavy atom. The molecule has 2 aromatic rings. The van der Waals surface area contributed by atoms with E-state index in [0.717, 1.165) is 49.4 Å². The fraction of sp³-hybridized carbons (Fsp3) is 0.703. The quantitative estimate of drug-likeness (QED) is 0.211. The highest BCUT2D eigenvalue weighted by atomic mass is 14.9. The lowest BCUT2D eigenvalue weighted by Crippen LogP contribution is -2.25. The van der Waals surface area contributed by atoms with Crippen molar-refractivity contribution >= 4 is 0 Å². The summed E-state index contributed by atoms with van der Waals surface area (Å²) in [5, 5.41) is 9.97. The Hall–Kier alpha value is -2.21. The number of unbranched alkanes of at least 4 members (excludes halogenated alkanes) is 8. The molecule has 0 spiro atoms. The molecule has 1 aromatic carbocycles. The van der Waals surface area contributed by atoms with Crippen molar-refractivity contribution in [2.45, 2.75) is 154 Å². The molecule has 0 radical (unpaired) electrons. The van der Waals surface area contributed by atoms with Gasteiger partial charge in [-0.1, -0.05) is 109 Å². The lowest BCUT2D eigenvalue weighted by atomic mass is 9.67. The van der Waals surface area contributed by atoms with Gasteiger partial charge in [0.1, 0.15) is 0 Å². The fourth-order valence-corrected chi connectivity index (χ4v) is 7.41. The standard InChI is InChI=1S/C37H55N3/c1-3-5-7-9-11-13-30-14-16-32(17-15-30)35-27-39-36(40-28-35)34-20-18-31(19-21-34)33-22-25-37(29-38,26-23-33)24-12-10-8-6-4-2/h18-21,27-28,30,32-33H,3-17,22-26H2,1-2H3/t30-,32-,33-,37-. The average molecular weight is 542 g/mol. The second kappa shape index (κ2) is 16.3. The van der Waals surface area contributed by atoms with Crippen LogP contribution < -0.4 is 0 Å². The first kappa shape index (κ1) is 30.7. The van der Waals surface area contributed by atoms with E-state index in [-0.39, 0.29) is 5.41 Å². The molecule has 2 aliphatic rings. The molecule has 40 heavy (non-hydrogen) atoms.